The van der Waals surface area contributed by atoms with Gasteiger partial charge in [-0.1, -0.05) is 12.1 Å². The topological polar surface area (TPSA) is 128 Å². The van der Waals surface area contributed by atoms with Crippen LogP contribution in [0.3, 0.4) is 0 Å². The number of aromatic nitrogens is 3. The van der Waals surface area contributed by atoms with E-state index in [1.165, 1.54) is 0 Å². The van der Waals surface area contributed by atoms with E-state index < -0.39 is 12.0 Å². The molecule has 3 N–H and O–H groups in total. The molecule has 10 heteroatoms. The molecule has 0 spiro atoms. The van der Waals surface area contributed by atoms with Crippen LogP contribution in [0.5, 0.6) is 5.75 Å². The van der Waals surface area contributed by atoms with E-state index in [0.29, 0.717) is 52.9 Å². The molecule has 1 aliphatic rings. The van der Waals surface area contributed by atoms with Gasteiger partial charge >= 0.3 is 5.97 Å². The number of benzene rings is 2. The van der Waals surface area contributed by atoms with Crippen LogP contribution in [0.1, 0.15) is 48.1 Å². The van der Waals surface area contributed by atoms with Crippen LogP contribution >= 0.6 is 0 Å². The monoisotopic (exact) mass is 491 g/mol. The Morgan fingerprint density at radius 1 is 1.19 bits per heavy atom. The summed E-state index contributed by atoms with van der Waals surface area (Å²) in [6.45, 7) is 3.89. The molecule has 2 heterocycles. The Morgan fingerprint density at radius 2 is 1.97 bits per heavy atom. The predicted octanol–water partition coefficient (Wildman–Crippen LogP) is 3.32. The summed E-state index contributed by atoms with van der Waals surface area (Å²) >= 11 is 0. The summed E-state index contributed by atoms with van der Waals surface area (Å²) in [4.78, 5) is 30.1. The number of allylic oxidation sites excluding steroid dienone is 1. The number of ether oxygens (including phenoxy) is 2. The van der Waals surface area contributed by atoms with Crippen molar-refractivity contribution < 1.29 is 24.2 Å². The fourth-order valence-corrected chi connectivity index (χ4v) is 4.05. The first-order valence-electron chi connectivity index (χ1n) is 11.7. The molecule has 0 bridgehead atoms. The fraction of sp³-hybridized carbons (Fsp3) is 0.308. The first-order valence-corrected chi connectivity index (χ1v) is 11.7. The number of amides is 1. The van der Waals surface area contributed by atoms with Crippen LogP contribution in [0.4, 0.5) is 11.6 Å². The molecule has 188 valence electrons. The Bertz CT molecular complexity index is 1280. The highest BCUT2D eigenvalue weighted by Gasteiger charge is 2.34. The lowest BCUT2D eigenvalue weighted by atomic mass is 9.95. The molecule has 0 aliphatic carbocycles. The van der Waals surface area contributed by atoms with Gasteiger partial charge in [-0.25, -0.2) is 9.48 Å². The summed E-state index contributed by atoms with van der Waals surface area (Å²) < 4.78 is 12.1. The lowest BCUT2D eigenvalue weighted by Crippen LogP contribution is -2.31. The fourth-order valence-electron chi connectivity index (χ4n) is 4.05. The Morgan fingerprint density at radius 3 is 2.67 bits per heavy atom. The molecule has 0 saturated carbocycles. The highest BCUT2D eigenvalue weighted by Crippen LogP contribution is 2.36. The van der Waals surface area contributed by atoms with E-state index in [-0.39, 0.29) is 19.1 Å². The molecule has 4 rings (SSSR count). The maximum absolute atomic E-state index is 13.6. The molecule has 1 amide bonds. The highest BCUT2D eigenvalue weighted by molar-refractivity contribution is 6.06. The van der Waals surface area contributed by atoms with Crippen LogP contribution in [0.25, 0.3) is 0 Å². The van der Waals surface area contributed by atoms with Crippen molar-refractivity contribution in [3.8, 4) is 5.75 Å². The summed E-state index contributed by atoms with van der Waals surface area (Å²) in [6, 6.07) is 13.4. The molecular weight excluding hydrogens is 462 g/mol. The number of carbonyl (C=O) groups is 2. The van der Waals surface area contributed by atoms with Gasteiger partial charge in [0.1, 0.15) is 11.8 Å². The van der Waals surface area contributed by atoms with Crippen LogP contribution in [-0.2, 0) is 16.0 Å². The van der Waals surface area contributed by atoms with E-state index in [2.05, 4.69) is 20.7 Å². The van der Waals surface area contributed by atoms with Gasteiger partial charge in [-0.05, 0) is 62.2 Å². The van der Waals surface area contributed by atoms with E-state index in [9.17, 15) is 14.7 Å². The molecule has 3 aromatic rings. The standard InChI is InChI=1S/C26H29N5O5/c1-4-36-25(34)17-10-12-19(13-11-17)28-24(33)22-16(2)27-26-29-21(9-6-14-32)30-31(26)23(22)18-7-5-8-20(15-18)35-3/h5,7-8,10-13,15,23,32H,4,6,9,14H2,1-3H3,(H,28,33)(H,27,29,30). The number of methoxy groups -OCH3 is 1. The van der Waals surface area contributed by atoms with Crippen LogP contribution in [0.15, 0.2) is 59.8 Å². The number of aliphatic hydroxyl groups excluding tert-OH is 1. The zero-order valence-electron chi connectivity index (χ0n) is 20.4. The van der Waals surface area contributed by atoms with E-state index in [4.69, 9.17) is 9.47 Å². The van der Waals surface area contributed by atoms with E-state index >= 15 is 0 Å². The lowest BCUT2D eigenvalue weighted by molar-refractivity contribution is -0.113. The molecule has 0 fully saturated rings. The van der Waals surface area contributed by atoms with Gasteiger partial charge in [0, 0.05) is 24.4 Å². The second kappa shape index (κ2) is 11.0. The van der Waals surface area contributed by atoms with Crippen LogP contribution in [-0.4, -0.2) is 52.1 Å². The van der Waals surface area contributed by atoms with Gasteiger partial charge in [0.2, 0.25) is 5.95 Å². The Kier molecular flexibility index (Phi) is 7.65. The molecule has 2 aromatic carbocycles. The van der Waals surface area contributed by atoms with E-state index in [1.807, 2.05) is 31.2 Å². The maximum atomic E-state index is 13.6. The Labute approximate surface area is 209 Å². The van der Waals surface area contributed by atoms with Crippen molar-refractivity contribution >= 4 is 23.5 Å². The van der Waals surface area contributed by atoms with Crippen molar-refractivity contribution in [2.24, 2.45) is 0 Å². The number of nitrogens with one attached hydrogen (secondary N) is 2. The summed E-state index contributed by atoms with van der Waals surface area (Å²) in [6.07, 6.45) is 1.05. The minimum absolute atomic E-state index is 0.0382. The van der Waals surface area contributed by atoms with Crippen molar-refractivity contribution in [3.63, 3.8) is 0 Å². The van der Waals surface area contributed by atoms with E-state index in [1.54, 1.807) is 43.0 Å². The Balaban J connectivity index is 1.68. The number of aliphatic hydroxyl groups is 1. The minimum atomic E-state index is -0.564. The van der Waals surface area contributed by atoms with Gasteiger partial charge in [-0.3, -0.25) is 4.79 Å². The van der Waals surface area contributed by atoms with Crippen molar-refractivity contribution in [1.82, 2.24) is 14.8 Å². The van der Waals surface area contributed by atoms with Crippen LogP contribution in [0, 0.1) is 0 Å². The number of nitrogens with zero attached hydrogens (tertiary/aromatic N) is 3. The first kappa shape index (κ1) is 24.9. The van der Waals surface area contributed by atoms with E-state index in [0.717, 1.165) is 5.56 Å². The van der Waals surface area contributed by atoms with Gasteiger partial charge < -0.3 is 25.2 Å². The average Bonchev–Trinajstić information content (AvgIpc) is 3.29. The maximum Gasteiger partial charge on any atom is 0.338 e. The third-order valence-corrected chi connectivity index (χ3v) is 5.76. The molecule has 1 aromatic heterocycles. The van der Waals surface area contributed by atoms with Crippen LogP contribution in [0.2, 0.25) is 0 Å². The number of esters is 1. The highest BCUT2D eigenvalue weighted by atomic mass is 16.5. The number of rotatable bonds is 9. The SMILES string of the molecule is CCOC(=O)c1ccc(NC(=O)C2=C(C)Nc3nc(CCCO)nn3C2c2cccc(OC)c2)cc1. The normalized spacial score (nSPS) is 14.6. The molecule has 1 unspecified atom stereocenters. The summed E-state index contributed by atoms with van der Waals surface area (Å²) in [5.74, 6) is 1.00. The van der Waals surface area contributed by atoms with Gasteiger partial charge in [-0.2, -0.15) is 10.1 Å². The molecule has 1 aliphatic heterocycles. The zero-order chi connectivity index (χ0) is 25.7. The minimum Gasteiger partial charge on any atom is -0.497 e. The Hall–Kier alpha value is -4.18. The molecular formula is C26H29N5O5. The smallest absolute Gasteiger partial charge is 0.338 e. The quantitative estimate of drug-likeness (QED) is 0.389. The predicted molar refractivity (Wildman–Crippen MR) is 134 cm³/mol. The molecule has 0 radical (unpaired) electrons. The molecule has 0 saturated heterocycles. The number of anilines is 2. The molecule has 36 heavy (non-hydrogen) atoms. The van der Waals surface area contributed by atoms with Crippen LogP contribution < -0.4 is 15.4 Å². The molecule has 1 atom stereocenters. The zero-order valence-corrected chi connectivity index (χ0v) is 20.4. The number of fused-ring (bicyclic) bond motifs is 1. The average molecular weight is 492 g/mol. The summed E-state index contributed by atoms with van der Waals surface area (Å²) in [7, 11) is 1.59. The van der Waals surface area contributed by atoms with Crippen molar-refractivity contribution in [2.45, 2.75) is 32.7 Å². The second-order valence-electron chi connectivity index (χ2n) is 8.22. The largest absolute Gasteiger partial charge is 0.497 e. The van der Waals surface area contributed by atoms with Crippen molar-refractivity contribution in [2.75, 3.05) is 31.0 Å². The summed E-state index contributed by atoms with van der Waals surface area (Å²) in [5, 5.41) is 20.0. The third-order valence-electron chi connectivity index (χ3n) is 5.76. The van der Waals surface area contributed by atoms with Gasteiger partial charge in [0.05, 0.1) is 24.9 Å². The van der Waals surface area contributed by atoms with Crippen molar-refractivity contribution in [1.29, 1.82) is 0 Å². The second-order valence-corrected chi connectivity index (χ2v) is 8.22. The summed E-state index contributed by atoms with van der Waals surface area (Å²) in [5.41, 5.74) is 2.84. The van der Waals surface area contributed by atoms with Gasteiger partial charge in [-0.15, -0.1) is 0 Å². The third kappa shape index (κ3) is 5.23. The molecule has 10 nitrogen and oxygen atoms in total. The number of carbonyl (C=O) groups excluding carboxylic acids is 2. The first-order chi connectivity index (χ1) is 17.4. The van der Waals surface area contributed by atoms with Gasteiger partial charge in [0.25, 0.3) is 5.91 Å². The van der Waals surface area contributed by atoms with Crippen molar-refractivity contribution in [3.05, 3.63) is 76.8 Å². The number of hydrogen-bond donors (Lipinski definition) is 3. The number of aryl methyl sites for hydroxylation is 1. The lowest BCUT2D eigenvalue weighted by Gasteiger charge is -2.29. The van der Waals surface area contributed by atoms with Gasteiger partial charge in [0.15, 0.2) is 5.82 Å². The number of hydrogen-bond acceptors (Lipinski definition) is 8.